The number of aromatic nitrogens is 1. The van der Waals surface area contributed by atoms with E-state index in [0.29, 0.717) is 39.9 Å². The summed E-state index contributed by atoms with van der Waals surface area (Å²) in [4.78, 5) is 28.7. The van der Waals surface area contributed by atoms with E-state index in [-0.39, 0.29) is 11.4 Å². The second-order valence-electron chi connectivity index (χ2n) is 8.52. The molecule has 1 amide bonds. The third-order valence-electron chi connectivity index (χ3n) is 5.91. The van der Waals surface area contributed by atoms with Gasteiger partial charge in [-0.1, -0.05) is 48.5 Å². The molecule has 0 fully saturated rings. The quantitative estimate of drug-likeness (QED) is 0.108. The number of H-pyrrole nitrogens is 1. The van der Waals surface area contributed by atoms with Crippen molar-refractivity contribution in [3.05, 3.63) is 120 Å². The van der Waals surface area contributed by atoms with E-state index in [2.05, 4.69) is 15.5 Å². The molecule has 0 spiro atoms. The number of hydrogen-bond acceptors (Lipinski definition) is 5. The highest BCUT2D eigenvalue weighted by Gasteiger charge is 2.19. The first-order valence-electron chi connectivity index (χ1n) is 12.3. The number of esters is 1. The predicted molar refractivity (Wildman–Crippen MR) is 148 cm³/mol. The van der Waals surface area contributed by atoms with Gasteiger partial charge in [-0.2, -0.15) is 5.10 Å². The highest BCUT2D eigenvalue weighted by Crippen LogP contribution is 2.33. The number of nitrogens with one attached hydrogen (secondary N) is 2. The summed E-state index contributed by atoms with van der Waals surface area (Å²) in [6, 6.07) is 27.2. The number of ether oxygens (including phenoxy) is 2. The zero-order valence-electron chi connectivity index (χ0n) is 21.0. The average molecular weight is 522 g/mol. The van der Waals surface area contributed by atoms with Crippen molar-refractivity contribution in [2.24, 2.45) is 5.10 Å². The van der Waals surface area contributed by atoms with Crippen LogP contribution < -0.4 is 14.9 Å². The van der Waals surface area contributed by atoms with Gasteiger partial charge in [0.25, 0.3) is 5.91 Å². The number of nitrogens with zero attached hydrogens (tertiary/aromatic N) is 1. The fourth-order valence-corrected chi connectivity index (χ4v) is 4.15. The molecule has 0 saturated carbocycles. The number of carbonyl (C=O) groups excluding carboxylic acids is 2. The lowest BCUT2D eigenvalue weighted by atomic mass is 10.0. The summed E-state index contributed by atoms with van der Waals surface area (Å²) in [5.41, 5.74) is 5.81. The Morgan fingerprint density at radius 1 is 0.923 bits per heavy atom. The number of halogens is 1. The summed E-state index contributed by atoms with van der Waals surface area (Å²) in [6.07, 6.45) is 1.45. The monoisotopic (exact) mass is 521 g/mol. The van der Waals surface area contributed by atoms with Gasteiger partial charge in [-0.15, -0.1) is 0 Å². The number of carbonyl (C=O) groups is 2. The normalized spacial score (nSPS) is 11.0. The minimum Gasteiger partial charge on any atom is -0.490 e. The minimum absolute atomic E-state index is 0.261. The highest BCUT2D eigenvalue weighted by atomic mass is 19.1. The Bertz CT molecular complexity index is 1660. The lowest BCUT2D eigenvalue weighted by Gasteiger charge is -2.11. The Morgan fingerprint density at radius 3 is 2.41 bits per heavy atom. The zero-order valence-corrected chi connectivity index (χ0v) is 21.0. The van der Waals surface area contributed by atoms with Gasteiger partial charge in [-0.05, 0) is 66.6 Å². The number of hydrogen-bond donors (Lipinski definition) is 2. The van der Waals surface area contributed by atoms with Crippen molar-refractivity contribution in [2.75, 3.05) is 6.61 Å². The Kier molecular flexibility index (Phi) is 7.45. The van der Waals surface area contributed by atoms with Gasteiger partial charge in [0, 0.05) is 16.5 Å². The van der Waals surface area contributed by atoms with Gasteiger partial charge in [0.05, 0.1) is 18.4 Å². The predicted octanol–water partition coefficient (Wildman–Crippen LogP) is 6.36. The van der Waals surface area contributed by atoms with E-state index in [1.807, 2.05) is 43.3 Å². The molecule has 0 aliphatic rings. The summed E-state index contributed by atoms with van der Waals surface area (Å²) in [5, 5.41) is 4.69. The van der Waals surface area contributed by atoms with Crippen LogP contribution in [0.4, 0.5) is 4.39 Å². The molecule has 7 nitrogen and oxygen atoms in total. The van der Waals surface area contributed by atoms with E-state index in [1.54, 1.807) is 48.5 Å². The molecule has 1 heterocycles. The first-order chi connectivity index (χ1) is 19.0. The molecule has 0 unspecified atom stereocenters. The smallest absolute Gasteiger partial charge is 0.343 e. The molecule has 5 aromatic rings. The first-order valence-corrected chi connectivity index (χ1v) is 12.3. The summed E-state index contributed by atoms with van der Waals surface area (Å²) in [5.74, 6) is -0.754. The first kappa shape index (κ1) is 25.4. The van der Waals surface area contributed by atoms with E-state index >= 15 is 0 Å². The van der Waals surface area contributed by atoms with Crippen LogP contribution in [0.1, 0.15) is 33.3 Å². The summed E-state index contributed by atoms with van der Waals surface area (Å²) in [6.45, 7) is 2.18. The molecule has 194 valence electrons. The van der Waals surface area contributed by atoms with Crippen LogP contribution in [0.25, 0.3) is 22.0 Å². The molecular weight excluding hydrogens is 497 g/mol. The van der Waals surface area contributed by atoms with E-state index in [0.717, 1.165) is 5.56 Å². The van der Waals surface area contributed by atoms with Gasteiger partial charge in [-0.25, -0.2) is 14.6 Å². The molecule has 5 rings (SSSR count). The molecule has 0 radical (unpaired) electrons. The SMILES string of the molecule is CCOc1cc(C=NNC(=O)c2[nH]c3ccc(F)cc3c2-c2ccccc2)ccc1OC(=O)c1ccccc1. The van der Waals surface area contributed by atoms with E-state index in [4.69, 9.17) is 9.47 Å². The summed E-state index contributed by atoms with van der Waals surface area (Å²) < 4.78 is 25.2. The molecule has 0 aliphatic heterocycles. The van der Waals surface area contributed by atoms with Gasteiger partial charge >= 0.3 is 5.97 Å². The second kappa shape index (κ2) is 11.4. The fraction of sp³-hybridized carbons (Fsp3) is 0.0645. The molecule has 2 N–H and O–H groups in total. The standard InChI is InChI=1S/C31H24FN3O4/c1-2-38-27-17-20(13-16-26(27)39-31(37)22-11-7-4-8-12-22)19-33-35-30(36)29-28(21-9-5-3-6-10-21)24-18-23(32)14-15-25(24)34-29/h3-19,34H,2H2,1H3,(H,35,36). The molecule has 0 bridgehead atoms. The van der Waals surface area contributed by atoms with Crippen LogP contribution in [0, 0.1) is 5.82 Å². The van der Waals surface area contributed by atoms with Gasteiger partial charge in [0.15, 0.2) is 11.5 Å². The number of rotatable bonds is 8. The maximum atomic E-state index is 14.0. The Hall–Kier alpha value is -5.24. The number of aromatic amines is 1. The van der Waals surface area contributed by atoms with Crippen molar-refractivity contribution in [1.29, 1.82) is 0 Å². The van der Waals surface area contributed by atoms with Gasteiger partial charge in [-0.3, -0.25) is 4.79 Å². The van der Waals surface area contributed by atoms with Crippen molar-refractivity contribution in [1.82, 2.24) is 10.4 Å². The van der Waals surface area contributed by atoms with Crippen molar-refractivity contribution in [3.63, 3.8) is 0 Å². The molecule has 39 heavy (non-hydrogen) atoms. The zero-order chi connectivity index (χ0) is 27.2. The molecule has 4 aromatic carbocycles. The number of amides is 1. The molecule has 0 aliphatic carbocycles. The largest absolute Gasteiger partial charge is 0.490 e. The van der Waals surface area contributed by atoms with Crippen LogP contribution in [0.15, 0.2) is 102 Å². The summed E-state index contributed by atoms with van der Waals surface area (Å²) in [7, 11) is 0. The maximum absolute atomic E-state index is 14.0. The second-order valence-corrected chi connectivity index (χ2v) is 8.52. The minimum atomic E-state index is -0.502. The lowest BCUT2D eigenvalue weighted by molar-refractivity contribution is 0.0728. The Morgan fingerprint density at radius 2 is 1.67 bits per heavy atom. The maximum Gasteiger partial charge on any atom is 0.343 e. The molecule has 8 heteroatoms. The number of fused-ring (bicyclic) bond motifs is 1. The van der Waals surface area contributed by atoms with Crippen molar-refractivity contribution < 1.29 is 23.5 Å². The topological polar surface area (TPSA) is 92.8 Å². The number of hydrazone groups is 1. The molecule has 0 atom stereocenters. The van der Waals surface area contributed by atoms with Crippen LogP contribution in [0.3, 0.4) is 0 Å². The van der Waals surface area contributed by atoms with Gasteiger partial charge in [0.1, 0.15) is 11.5 Å². The van der Waals surface area contributed by atoms with Crippen molar-refractivity contribution in [2.45, 2.75) is 6.92 Å². The van der Waals surface area contributed by atoms with Crippen LogP contribution in [0.2, 0.25) is 0 Å². The highest BCUT2D eigenvalue weighted by molar-refractivity contribution is 6.09. The van der Waals surface area contributed by atoms with Gasteiger partial charge in [0.2, 0.25) is 0 Å². The Balaban J connectivity index is 1.36. The van der Waals surface area contributed by atoms with Gasteiger partial charge < -0.3 is 14.5 Å². The molecular formula is C31H24FN3O4. The third-order valence-corrected chi connectivity index (χ3v) is 5.91. The number of benzene rings is 4. The Labute approximate surface area is 223 Å². The lowest BCUT2D eigenvalue weighted by Crippen LogP contribution is -2.18. The van der Waals surface area contributed by atoms with Crippen molar-refractivity contribution in [3.8, 4) is 22.6 Å². The van der Waals surface area contributed by atoms with Crippen LogP contribution in [-0.4, -0.2) is 29.7 Å². The van der Waals surface area contributed by atoms with Crippen LogP contribution >= 0.6 is 0 Å². The van der Waals surface area contributed by atoms with E-state index in [9.17, 15) is 14.0 Å². The van der Waals surface area contributed by atoms with E-state index < -0.39 is 17.7 Å². The van der Waals surface area contributed by atoms with Crippen LogP contribution in [0.5, 0.6) is 11.5 Å². The molecule has 1 aromatic heterocycles. The average Bonchev–Trinajstić information content (AvgIpc) is 3.34. The van der Waals surface area contributed by atoms with Crippen LogP contribution in [-0.2, 0) is 0 Å². The fourth-order valence-electron chi connectivity index (χ4n) is 4.15. The summed E-state index contributed by atoms with van der Waals surface area (Å²) >= 11 is 0. The van der Waals surface area contributed by atoms with Crippen molar-refractivity contribution >= 4 is 29.0 Å². The molecule has 0 saturated heterocycles. The third kappa shape index (κ3) is 5.70. The van der Waals surface area contributed by atoms with E-state index in [1.165, 1.54) is 18.3 Å².